The minimum atomic E-state index is -0.488. The van der Waals surface area contributed by atoms with Gasteiger partial charge in [-0.3, -0.25) is 9.59 Å². The van der Waals surface area contributed by atoms with Gasteiger partial charge in [-0.15, -0.1) is 0 Å². The molecule has 0 spiro atoms. The van der Waals surface area contributed by atoms with Crippen molar-refractivity contribution in [2.75, 3.05) is 13.2 Å². The molecular formula is C17H25ClN2O3. The van der Waals surface area contributed by atoms with Gasteiger partial charge in [0.1, 0.15) is 11.8 Å². The molecule has 5 nitrogen and oxygen atoms in total. The van der Waals surface area contributed by atoms with Gasteiger partial charge in [0.05, 0.1) is 6.61 Å². The Kier molecular flexibility index (Phi) is 8.48. The van der Waals surface area contributed by atoms with Crippen LogP contribution in [0.4, 0.5) is 0 Å². The number of carbonyl (C=O) groups excluding carboxylic acids is 2. The average Bonchev–Trinajstić information content (AvgIpc) is 2.49. The van der Waals surface area contributed by atoms with E-state index in [2.05, 4.69) is 10.6 Å². The van der Waals surface area contributed by atoms with Crippen LogP contribution in [0.2, 0.25) is 5.02 Å². The first-order valence-electron chi connectivity index (χ1n) is 7.83. The molecule has 2 N–H and O–H groups in total. The molecule has 23 heavy (non-hydrogen) atoms. The molecule has 0 aliphatic heterocycles. The van der Waals surface area contributed by atoms with Crippen LogP contribution in [0, 0.1) is 5.92 Å². The molecule has 0 aliphatic carbocycles. The lowest BCUT2D eigenvalue weighted by atomic mass is 10.0. The van der Waals surface area contributed by atoms with E-state index in [0.717, 1.165) is 18.6 Å². The lowest BCUT2D eigenvalue weighted by Crippen LogP contribution is -2.49. The predicted molar refractivity (Wildman–Crippen MR) is 91.6 cm³/mol. The zero-order valence-corrected chi connectivity index (χ0v) is 14.7. The van der Waals surface area contributed by atoms with Gasteiger partial charge in [0.15, 0.2) is 0 Å². The van der Waals surface area contributed by atoms with Crippen LogP contribution in [0.1, 0.15) is 33.6 Å². The maximum atomic E-state index is 12.0. The molecule has 0 saturated carbocycles. The van der Waals surface area contributed by atoms with Crippen LogP contribution >= 0.6 is 11.6 Å². The Bertz CT molecular complexity index is 503. The maximum absolute atomic E-state index is 12.0. The van der Waals surface area contributed by atoms with E-state index >= 15 is 0 Å². The summed E-state index contributed by atoms with van der Waals surface area (Å²) in [5.41, 5.74) is 0. The molecular weight excluding hydrogens is 316 g/mol. The number of carbonyl (C=O) groups is 2. The molecule has 2 amide bonds. The van der Waals surface area contributed by atoms with Crippen molar-refractivity contribution in [2.24, 2.45) is 5.92 Å². The Balaban J connectivity index is 2.19. The van der Waals surface area contributed by atoms with Crippen molar-refractivity contribution in [1.82, 2.24) is 10.6 Å². The fraction of sp³-hybridized carbons (Fsp3) is 0.529. The first-order valence-corrected chi connectivity index (χ1v) is 8.21. The number of benzene rings is 1. The molecule has 0 aliphatic rings. The van der Waals surface area contributed by atoms with Crippen molar-refractivity contribution in [3.05, 3.63) is 29.3 Å². The van der Waals surface area contributed by atoms with Crippen LogP contribution in [0.3, 0.4) is 0 Å². The zero-order chi connectivity index (χ0) is 17.2. The Morgan fingerprint density at radius 2 is 1.83 bits per heavy atom. The van der Waals surface area contributed by atoms with Gasteiger partial charge in [-0.2, -0.15) is 0 Å². The highest BCUT2D eigenvalue weighted by Gasteiger charge is 2.22. The Labute approximate surface area is 142 Å². The Hall–Kier alpha value is -1.75. The van der Waals surface area contributed by atoms with Gasteiger partial charge >= 0.3 is 0 Å². The molecule has 1 aromatic carbocycles. The second-order valence-electron chi connectivity index (χ2n) is 5.72. The minimum absolute atomic E-state index is 0.0483. The second kappa shape index (κ2) is 10.1. The molecule has 1 atom stereocenters. The molecule has 0 aromatic heterocycles. The predicted octanol–water partition coefficient (Wildman–Crippen LogP) is 2.78. The molecule has 0 saturated heterocycles. The van der Waals surface area contributed by atoms with Crippen LogP contribution in [-0.2, 0) is 9.59 Å². The third-order valence-corrected chi connectivity index (χ3v) is 3.51. The van der Waals surface area contributed by atoms with Crippen LogP contribution in [0.5, 0.6) is 5.75 Å². The van der Waals surface area contributed by atoms with Gasteiger partial charge in [0.25, 0.3) is 0 Å². The fourth-order valence-electron chi connectivity index (χ4n) is 2.02. The van der Waals surface area contributed by atoms with Crippen molar-refractivity contribution >= 4 is 23.4 Å². The Morgan fingerprint density at radius 1 is 1.17 bits per heavy atom. The van der Waals surface area contributed by atoms with Gasteiger partial charge in [0, 0.05) is 18.5 Å². The SMILES string of the molecule is CC(=O)N[C@H](C(=O)NCCCCOc1ccc(Cl)cc1)C(C)C. The summed E-state index contributed by atoms with van der Waals surface area (Å²) in [6.07, 6.45) is 1.64. The number of unbranched alkanes of at least 4 members (excludes halogenated alkanes) is 1. The summed E-state index contributed by atoms with van der Waals surface area (Å²) in [5, 5.41) is 6.20. The molecule has 6 heteroatoms. The first kappa shape index (κ1) is 19.3. The van der Waals surface area contributed by atoms with Crippen LogP contribution < -0.4 is 15.4 Å². The van der Waals surface area contributed by atoms with E-state index in [0.29, 0.717) is 18.2 Å². The van der Waals surface area contributed by atoms with E-state index in [1.54, 1.807) is 12.1 Å². The molecule has 0 fully saturated rings. The Morgan fingerprint density at radius 3 is 2.39 bits per heavy atom. The number of halogens is 1. The summed E-state index contributed by atoms with van der Waals surface area (Å²) in [7, 11) is 0. The van der Waals surface area contributed by atoms with E-state index in [4.69, 9.17) is 16.3 Å². The smallest absolute Gasteiger partial charge is 0.242 e. The monoisotopic (exact) mass is 340 g/mol. The minimum Gasteiger partial charge on any atom is -0.494 e. The van der Waals surface area contributed by atoms with E-state index in [-0.39, 0.29) is 17.7 Å². The molecule has 128 valence electrons. The number of ether oxygens (including phenoxy) is 1. The van der Waals surface area contributed by atoms with E-state index in [1.807, 2.05) is 26.0 Å². The first-order chi connectivity index (χ1) is 10.9. The van der Waals surface area contributed by atoms with Crippen molar-refractivity contribution in [2.45, 2.75) is 39.7 Å². The van der Waals surface area contributed by atoms with Gasteiger partial charge in [0.2, 0.25) is 11.8 Å². The van der Waals surface area contributed by atoms with Gasteiger partial charge in [-0.1, -0.05) is 25.4 Å². The highest BCUT2D eigenvalue weighted by atomic mass is 35.5. The van der Waals surface area contributed by atoms with Crippen LogP contribution in [0.25, 0.3) is 0 Å². The highest BCUT2D eigenvalue weighted by molar-refractivity contribution is 6.30. The zero-order valence-electron chi connectivity index (χ0n) is 13.9. The topological polar surface area (TPSA) is 67.4 Å². The third-order valence-electron chi connectivity index (χ3n) is 3.26. The summed E-state index contributed by atoms with van der Waals surface area (Å²) in [6, 6.07) is 6.73. The highest BCUT2D eigenvalue weighted by Crippen LogP contribution is 2.15. The molecule has 0 unspecified atom stereocenters. The van der Waals surface area contributed by atoms with Crippen molar-refractivity contribution in [1.29, 1.82) is 0 Å². The van der Waals surface area contributed by atoms with Crippen LogP contribution in [0.15, 0.2) is 24.3 Å². The number of hydrogen-bond acceptors (Lipinski definition) is 3. The van der Waals surface area contributed by atoms with Crippen molar-refractivity contribution in [3.8, 4) is 5.75 Å². The lowest BCUT2D eigenvalue weighted by molar-refractivity contribution is -0.129. The number of amides is 2. The molecule has 1 aromatic rings. The standard InChI is InChI=1S/C17H25ClN2O3/c1-12(2)16(20-13(3)21)17(22)19-10-4-5-11-23-15-8-6-14(18)7-9-15/h6-9,12,16H,4-5,10-11H2,1-3H3,(H,19,22)(H,20,21)/t16-/m0/s1. The molecule has 1 rings (SSSR count). The van der Waals surface area contributed by atoms with Crippen molar-refractivity contribution < 1.29 is 14.3 Å². The third kappa shape index (κ3) is 7.88. The van der Waals surface area contributed by atoms with E-state index in [1.165, 1.54) is 6.92 Å². The number of nitrogens with one attached hydrogen (secondary N) is 2. The quantitative estimate of drug-likeness (QED) is 0.679. The summed E-state index contributed by atoms with van der Waals surface area (Å²) < 4.78 is 5.58. The second-order valence-corrected chi connectivity index (χ2v) is 6.16. The maximum Gasteiger partial charge on any atom is 0.242 e. The molecule has 0 heterocycles. The average molecular weight is 341 g/mol. The largest absolute Gasteiger partial charge is 0.494 e. The summed E-state index contributed by atoms with van der Waals surface area (Å²) in [6.45, 7) is 6.36. The van der Waals surface area contributed by atoms with E-state index < -0.39 is 6.04 Å². The summed E-state index contributed by atoms with van der Waals surface area (Å²) in [5.74, 6) is 0.486. The normalized spacial score (nSPS) is 11.9. The van der Waals surface area contributed by atoms with Gasteiger partial charge in [-0.25, -0.2) is 0 Å². The molecule has 0 bridgehead atoms. The fourth-order valence-corrected chi connectivity index (χ4v) is 2.15. The van der Waals surface area contributed by atoms with Crippen LogP contribution in [-0.4, -0.2) is 31.0 Å². The van der Waals surface area contributed by atoms with Gasteiger partial charge in [-0.05, 0) is 43.0 Å². The lowest BCUT2D eigenvalue weighted by Gasteiger charge is -2.20. The number of hydrogen-bond donors (Lipinski definition) is 2. The van der Waals surface area contributed by atoms with E-state index in [9.17, 15) is 9.59 Å². The number of rotatable bonds is 9. The van der Waals surface area contributed by atoms with Gasteiger partial charge < -0.3 is 15.4 Å². The summed E-state index contributed by atoms with van der Waals surface area (Å²) in [4.78, 5) is 23.2. The van der Waals surface area contributed by atoms with Crippen molar-refractivity contribution in [3.63, 3.8) is 0 Å². The molecule has 0 radical (unpaired) electrons. The summed E-state index contributed by atoms with van der Waals surface area (Å²) >= 11 is 5.80.